The van der Waals surface area contributed by atoms with Gasteiger partial charge in [-0.15, -0.1) is 0 Å². The number of nitrogens with zero attached hydrogens (tertiary/aromatic N) is 2. The Morgan fingerprint density at radius 1 is 0.714 bits per heavy atom. The molecule has 2 aliphatic heterocycles. The fourth-order valence-corrected chi connectivity index (χ4v) is 5.76. The Hall–Kier alpha value is -0.130. The van der Waals surface area contributed by atoms with Crippen molar-refractivity contribution in [1.82, 2.24) is 9.80 Å². The Morgan fingerprint density at radius 3 is 1.38 bits per heavy atom. The van der Waals surface area contributed by atoms with Gasteiger partial charge in [0.05, 0.1) is 11.5 Å². The lowest BCUT2D eigenvalue weighted by Gasteiger charge is -2.34. The van der Waals surface area contributed by atoms with E-state index in [-0.39, 0.29) is 12.1 Å². The van der Waals surface area contributed by atoms with Crippen LogP contribution in [0.2, 0.25) is 0 Å². The first-order valence-electron chi connectivity index (χ1n) is 8.66. The molecule has 0 amide bonds. The average Bonchev–Trinajstić information content (AvgIpc) is 2.48. The van der Waals surface area contributed by atoms with Gasteiger partial charge in [0.25, 0.3) is 0 Å². The topological polar surface area (TPSA) is 40.6 Å². The van der Waals surface area contributed by atoms with Crippen LogP contribution >= 0.6 is 0 Å². The number of sulfone groups is 1. The molecule has 2 rings (SSSR count). The third-order valence-corrected chi connectivity index (χ3v) is 7.00. The Morgan fingerprint density at radius 2 is 1.05 bits per heavy atom. The quantitative estimate of drug-likeness (QED) is 0.753. The summed E-state index contributed by atoms with van der Waals surface area (Å²) in [5.74, 6) is 0.649. The lowest BCUT2D eigenvalue weighted by Crippen LogP contribution is -2.45. The van der Waals surface area contributed by atoms with Crippen molar-refractivity contribution in [1.29, 1.82) is 0 Å². The standard InChI is InChI=1S/C16H32N2O2S/c1-15(17-9-5-3-6-10-17)13-21(19,20)14-16(2)18-11-7-4-8-12-18/h15-16H,3-14H2,1-2H3. The molecule has 2 aliphatic rings. The summed E-state index contributed by atoms with van der Waals surface area (Å²) in [6.07, 6.45) is 7.45. The molecular weight excluding hydrogens is 284 g/mol. The van der Waals surface area contributed by atoms with E-state index >= 15 is 0 Å². The Balaban J connectivity index is 1.82. The third-order valence-electron chi connectivity index (χ3n) is 5.02. The summed E-state index contributed by atoms with van der Waals surface area (Å²) >= 11 is 0. The van der Waals surface area contributed by atoms with Gasteiger partial charge in [0, 0.05) is 12.1 Å². The molecule has 0 aliphatic carbocycles. The first-order chi connectivity index (χ1) is 9.98. The van der Waals surface area contributed by atoms with Gasteiger partial charge in [-0.3, -0.25) is 9.80 Å². The lowest BCUT2D eigenvalue weighted by molar-refractivity contribution is 0.182. The summed E-state index contributed by atoms with van der Waals surface area (Å²) in [6.45, 7) is 8.43. The largest absolute Gasteiger partial charge is 0.300 e. The zero-order valence-corrected chi connectivity index (χ0v) is 14.6. The molecule has 21 heavy (non-hydrogen) atoms. The molecule has 2 heterocycles. The molecule has 4 nitrogen and oxygen atoms in total. The van der Waals surface area contributed by atoms with Crippen molar-refractivity contribution in [3.63, 3.8) is 0 Å². The van der Waals surface area contributed by atoms with Crippen molar-refractivity contribution in [3.05, 3.63) is 0 Å². The fourth-order valence-electron chi connectivity index (χ4n) is 3.73. The predicted octanol–water partition coefficient (Wildman–Crippen LogP) is 2.15. The van der Waals surface area contributed by atoms with E-state index in [2.05, 4.69) is 23.6 Å². The number of piperidine rings is 2. The maximum atomic E-state index is 12.5. The smallest absolute Gasteiger partial charge is 0.153 e. The van der Waals surface area contributed by atoms with Gasteiger partial charge in [-0.25, -0.2) is 8.42 Å². The van der Waals surface area contributed by atoms with E-state index in [1.807, 2.05) is 0 Å². The Bertz CT molecular complexity index is 367. The molecule has 0 spiro atoms. The Kier molecular flexibility index (Phi) is 6.51. The molecule has 2 saturated heterocycles. The highest BCUT2D eigenvalue weighted by atomic mass is 32.2. The summed E-state index contributed by atoms with van der Waals surface area (Å²) < 4.78 is 25.0. The van der Waals surface area contributed by atoms with Gasteiger partial charge in [0.2, 0.25) is 0 Å². The molecule has 5 heteroatoms. The van der Waals surface area contributed by atoms with Crippen LogP contribution in [0.5, 0.6) is 0 Å². The maximum Gasteiger partial charge on any atom is 0.153 e. The molecule has 0 bridgehead atoms. The summed E-state index contributed by atoms with van der Waals surface area (Å²) in [6, 6.07) is 0.340. The molecule has 2 atom stereocenters. The first kappa shape index (κ1) is 17.2. The minimum absolute atomic E-state index is 0.170. The van der Waals surface area contributed by atoms with Gasteiger partial charge < -0.3 is 0 Å². The van der Waals surface area contributed by atoms with Gasteiger partial charge >= 0.3 is 0 Å². The second-order valence-electron chi connectivity index (χ2n) is 6.97. The van der Waals surface area contributed by atoms with Crippen LogP contribution in [-0.2, 0) is 9.84 Å². The van der Waals surface area contributed by atoms with E-state index in [1.165, 1.54) is 38.5 Å². The van der Waals surface area contributed by atoms with Crippen LogP contribution < -0.4 is 0 Å². The van der Waals surface area contributed by atoms with Crippen LogP contribution in [0.15, 0.2) is 0 Å². The first-order valence-corrected chi connectivity index (χ1v) is 10.5. The van der Waals surface area contributed by atoms with Crippen molar-refractivity contribution in [2.24, 2.45) is 0 Å². The van der Waals surface area contributed by atoms with E-state index in [1.54, 1.807) is 0 Å². The van der Waals surface area contributed by atoms with Crippen LogP contribution in [0, 0.1) is 0 Å². The summed E-state index contributed by atoms with van der Waals surface area (Å²) in [4.78, 5) is 4.71. The van der Waals surface area contributed by atoms with Crippen LogP contribution in [0.25, 0.3) is 0 Å². The molecule has 0 aromatic heterocycles. The van der Waals surface area contributed by atoms with Crippen molar-refractivity contribution >= 4 is 9.84 Å². The number of likely N-dealkylation sites (tertiary alicyclic amines) is 2. The lowest BCUT2D eigenvalue weighted by atomic mass is 10.1. The zero-order valence-electron chi connectivity index (χ0n) is 13.8. The van der Waals surface area contributed by atoms with Crippen molar-refractivity contribution in [2.45, 2.75) is 64.5 Å². The van der Waals surface area contributed by atoms with Gasteiger partial charge in [0.15, 0.2) is 9.84 Å². The van der Waals surface area contributed by atoms with Crippen molar-refractivity contribution < 1.29 is 8.42 Å². The zero-order chi connectivity index (χ0) is 15.3. The van der Waals surface area contributed by atoms with Crippen molar-refractivity contribution in [2.75, 3.05) is 37.7 Å². The minimum Gasteiger partial charge on any atom is -0.300 e. The minimum atomic E-state index is -2.96. The van der Waals surface area contributed by atoms with E-state index in [0.717, 1.165) is 26.2 Å². The second kappa shape index (κ2) is 7.93. The predicted molar refractivity (Wildman–Crippen MR) is 88.4 cm³/mol. The van der Waals surface area contributed by atoms with E-state index in [0.29, 0.717) is 11.5 Å². The highest BCUT2D eigenvalue weighted by Crippen LogP contribution is 2.16. The van der Waals surface area contributed by atoms with Crippen LogP contribution in [0.3, 0.4) is 0 Å². The number of hydrogen-bond donors (Lipinski definition) is 0. The number of hydrogen-bond acceptors (Lipinski definition) is 4. The average molecular weight is 317 g/mol. The normalized spacial score (nSPS) is 25.6. The highest BCUT2D eigenvalue weighted by Gasteiger charge is 2.26. The van der Waals surface area contributed by atoms with Crippen LogP contribution in [-0.4, -0.2) is 68.0 Å². The summed E-state index contributed by atoms with van der Waals surface area (Å²) in [7, 11) is -2.96. The molecule has 0 radical (unpaired) electrons. The van der Waals surface area contributed by atoms with E-state index < -0.39 is 9.84 Å². The molecule has 2 fully saturated rings. The van der Waals surface area contributed by atoms with Gasteiger partial charge in [-0.05, 0) is 65.7 Å². The molecule has 0 aromatic rings. The fraction of sp³-hybridized carbons (Fsp3) is 1.00. The summed E-state index contributed by atoms with van der Waals surface area (Å²) in [5, 5.41) is 0. The molecule has 124 valence electrons. The van der Waals surface area contributed by atoms with Gasteiger partial charge in [-0.1, -0.05) is 12.8 Å². The van der Waals surface area contributed by atoms with Crippen molar-refractivity contribution in [3.8, 4) is 0 Å². The number of rotatable bonds is 6. The SMILES string of the molecule is CC(CS(=O)(=O)CC(C)N1CCCCC1)N1CCCCC1. The van der Waals surface area contributed by atoms with Gasteiger partial charge in [0.1, 0.15) is 0 Å². The monoisotopic (exact) mass is 316 g/mol. The highest BCUT2D eigenvalue weighted by molar-refractivity contribution is 7.91. The molecule has 0 N–H and O–H groups in total. The van der Waals surface area contributed by atoms with Crippen LogP contribution in [0.1, 0.15) is 52.4 Å². The molecule has 0 saturated carbocycles. The molecular formula is C16H32N2O2S. The molecule has 2 unspecified atom stereocenters. The summed E-state index contributed by atoms with van der Waals surface area (Å²) in [5.41, 5.74) is 0. The second-order valence-corrected chi connectivity index (χ2v) is 9.12. The Labute approximate surface area is 130 Å². The van der Waals surface area contributed by atoms with Crippen LogP contribution in [0.4, 0.5) is 0 Å². The van der Waals surface area contributed by atoms with Gasteiger partial charge in [-0.2, -0.15) is 0 Å². The maximum absolute atomic E-state index is 12.5. The van der Waals surface area contributed by atoms with E-state index in [9.17, 15) is 8.42 Å². The third kappa shape index (κ3) is 5.53. The molecule has 0 aromatic carbocycles. The van der Waals surface area contributed by atoms with E-state index in [4.69, 9.17) is 0 Å².